The maximum absolute atomic E-state index is 11.6. The van der Waals surface area contributed by atoms with Crippen LogP contribution in [-0.2, 0) is 21.3 Å². The number of thiophene rings is 1. The van der Waals surface area contributed by atoms with E-state index in [4.69, 9.17) is 4.74 Å². The average molecular weight is 345 g/mol. The molecule has 1 aromatic heterocycles. The van der Waals surface area contributed by atoms with Crippen molar-refractivity contribution in [2.75, 3.05) is 32.6 Å². The second-order valence-electron chi connectivity index (χ2n) is 6.54. The van der Waals surface area contributed by atoms with Gasteiger partial charge in [0.2, 0.25) is 10.0 Å². The molecule has 5 nitrogen and oxygen atoms in total. The summed E-state index contributed by atoms with van der Waals surface area (Å²) < 4.78 is 31.6. The molecule has 22 heavy (non-hydrogen) atoms. The van der Waals surface area contributed by atoms with Crippen molar-refractivity contribution in [3.8, 4) is 0 Å². The molecule has 1 N–H and O–H groups in total. The van der Waals surface area contributed by atoms with Crippen LogP contribution in [0.25, 0.3) is 0 Å². The number of rotatable bonds is 4. The van der Waals surface area contributed by atoms with E-state index in [2.05, 4.69) is 26.4 Å². The van der Waals surface area contributed by atoms with Crippen molar-refractivity contribution < 1.29 is 13.2 Å². The van der Waals surface area contributed by atoms with Gasteiger partial charge < -0.3 is 4.74 Å². The van der Waals surface area contributed by atoms with Crippen LogP contribution in [0.3, 0.4) is 0 Å². The molecule has 1 unspecified atom stereocenters. The first-order valence-corrected chi connectivity index (χ1v) is 10.6. The summed E-state index contributed by atoms with van der Waals surface area (Å²) in [5.74, 6) is 0. The van der Waals surface area contributed by atoms with Crippen LogP contribution < -0.4 is 4.72 Å². The van der Waals surface area contributed by atoms with E-state index in [9.17, 15) is 8.42 Å². The Kier molecular flexibility index (Phi) is 4.89. The van der Waals surface area contributed by atoms with Gasteiger partial charge in [-0.1, -0.05) is 0 Å². The zero-order chi connectivity index (χ0) is 15.6. The lowest BCUT2D eigenvalue weighted by Gasteiger charge is -2.48. The fourth-order valence-electron chi connectivity index (χ4n) is 3.64. The second kappa shape index (κ2) is 6.57. The van der Waals surface area contributed by atoms with Crippen molar-refractivity contribution in [1.82, 2.24) is 9.62 Å². The zero-order valence-corrected chi connectivity index (χ0v) is 14.6. The predicted octanol–water partition coefficient (Wildman–Crippen LogP) is 1.67. The van der Waals surface area contributed by atoms with Crippen molar-refractivity contribution in [1.29, 1.82) is 0 Å². The van der Waals surface area contributed by atoms with Crippen LogP contribution in [0.2, 0.25) is 0 Å². The van der Waals surface area contributed by atoms with Crippen molar-refractivity contribution in [2.45, 2.75) is 31.8 Å². The van der Waals surface area contributed by atoms with Gasteiger partial charge in [-0.3, -0.25) is 4.90 Å². The molecule has 2 aliphatic heterocycles. The number of likely N-dealkylation sites (tertiary alicyclic amines) is 1. The first-order chi connectivity index (χ1) is 10.5. The topological polar surface area (TPSA) is 58.6 Å². The van der Waals surface area contributed by atoms with E-state index in [1.54, 1.807) is 11.3 Å². The van der Waals surface area contributed by atoms with Gasteiger partial charge in [-0.25, -0.2) is 13.1 Å². The van der Waals surface area contributed by atoms with Gasteiger partial charge in [-0.05, 0) is 60.2 Å². The molecule has 1 spiro atoms. The Hall–Kier alpha value is -0.470. The Morgan fingerprint density at radius 3 is 2.82 bits per heavy atom. The summed E-state index contributed by atoms with van der Waals surface area (Å²) in [5, 5.41) is 4.32. The summed E-state index contributed by atoms with van der Waals surface area (Å²) in [4.78, 5) is 2.47. The van der Waals surface area contributed by atoms with E-state index < -0.39 is 10.0 Å². The summed E-state index contributed by atoms with van der Waals surface area (Å²) in [5.41, 5.74) is 1.44. The Balaban J connectivity index is 1.63. The highest BCUT2D eigenvalue weighted by Crippen LogP contribution is 2.41. The van der Waals surface area contributed by atoms with E-state index in [1.165, 1.54) is 11.8 Å². The first-order valence-electron chi connectivity index (χ1n) is 7.75. The highest BCUT2D eigenvalue weighted by Gasteiger charge is 2.44. The van der Waals surface area contributed by atoms with Gasteiger partial charge in [-0.15, -0.1) is 0 Å². The van der Waals surface area contributed by atoms with Crippen LogP contribution in [0.4, 0.5) is 0 Å². The molecule has 2 aliphatic rings. The fraction of sp³-hybridized carbons (Fsp3) is 0.733. The molecule has 0 aliphatic carbocycles. The Labute approximate surface area is 136 Å². The smallest absolute Gasteiger partial charge is 0.209 e. The summed E-state index contributed by atoms with van der Waals surface area (Å²) in [6.45, 7) is 4.29. The van der Waals surface area contributed by atoms with Crippen molar-refractivity contribution in [3.05, 3.63) is 22.4 Å². The van der Waals surface area contributed by atoms with E-state index in [0.717, 1.165) is 45.5 Å². The van der Waals surface area contributed by atoms with Gasteiger partial charge in [0, 0.05) is 13.2 Å². The van der Waals surface area contributed by atoms with Crippen LogP contribution in [-0.4, -0.2) is 51.9 Å². The number of hydrogen-bond donors (Lipinski definition) is 1. The molecule has 124 valence electrons. The van der Waals surface area contributed by atoms with Crippen LogP contribution in [0.1, 0.15) is 24.8 Å². The minimum absolute atomic E-state index is 0.0620. The number of piperidine rings is 1. The Morgan fingerprint density at radius 2 is 2.18 bits per heavy atom. The minimum Gasteiger partial charge on any atom is -0.380 e. The third-order valence-electron chi connectivity index (χ3n) is 4.96. The lowest BCUT2D eigenvalue weighted by Crippen LogP contribution is -2.57. The molecule has 3 heterocycles. The molecule has 3 rings (SSSR count). The molecule has 1 aromatic rings. The van der Waals surface area contributed by atoms with Gasteiger partial charge in [0.25, 0.3) is 0 Å². The molecular formula is C15H24N2O3S2. The average Bonchev–Trinajstić information content (AvgIpc) is 2.96. The van der Waals surface area contributed by atoms with Gasteiger partial charge in [-0.2, -0.15) is 11.3 Å². The molecule has 2 saturated heterocycles. The van der Waals surface area contributed by atoms with E-state index in [-0.39, 0.29) is 11.5 Å². The summed E-state index contributed by atoms with van der Waals surface area (Å²) >= 11 is 1.74. The molecular weight excluding hydrogens is 320 g/mol. The van der Waals surface area contributed by atoms with Crippen LogP contribution in [0.5, 0.6) is 0 Å². The number of ether oxygens (including phenoxy) is 1. The van der Waals surface area contributed by atoms with E-state index >= 15 is 0 Å². The molecule has 2 fully saturated rings. The fourth-order valence-corrected chi connectivity index (χ4v) is 5.14. The minimum atomic E-state index is -3.20. The molecule has 0 aromatic carbocycles. The lowest BCUT2D eigenvalue weighted by molar-refractivity contribution is -0.0445. The van der Waals surface area contributed by atoms with Gasteiger partial charge in [0.1, 0.15) is 0 Å². The van der Waals surface area contributed by atoms with Gasteiger partial charge >= 0.3 is 0 Å². The lowest BCUT2D eigenvalue weighted by atomic mass is 9.69. The third-order valence-corrected chi connectivity index (χ3v) is 6.41. The molecule has 7 heteroatoms. The largest absolute Gasteiger partial charge is 0.380 e. The first kappa shape index (κ1) is 16.4. The van der Waals surface area contributed by atoms with Crippen LogP contribution in [0, 0.1) is 5.41 Å². The van der Waals surface area contributed by atoms with E-state index in [0.29, 0.717) is 6.61 Å². The third kappa shape index (κ3) is 3.89. The maximum Gasteiger partial charge on any atom is 0.209 e. The quantitative estimate of drug-likeness (QED) is 0.903. The van der Waals surface area contributed by atoms with Crippen LogP contribution >= 0.6 is 11.3 Å². The molecule has 1 atom stereocenters. The Bertz CT molecular complexity index is 578. The highest BCUT2D eigenvalue weighted by atomic mass is 32.2. The number of nitrogens with one attached hydrogen (secondary N) is 1. The summed E-state index contributed by atoms with van der Waals surface area (Å²) in [6.07, 6.45) is 4.26. The number of sulfonamides is 1. The number of nitrogens with zero attached hydrogens (tertiary/aromatic N) is 1. The molecule has 0 radical (unpaired) electrons. The summed E-state index contributed by atoms with van der Waals surface area (Å²) in [6, 6.07) is 2.09. The monoisotopic (exact) mass is 344 g/mol. The van der Waals surface area contributed by atoms with Crippen molar-refractivity contribution in [3.63, 3.8) is 0 Å². The normalized spacial score (nSPS) is 26.3. The standard InChI is InChI=1S/C15H24N2O3S2/c1-22(18,19)16-14-11-20-8-5-15(14)3-6-17(7-4-15)10-13-2-9-21-12-13/h2,9,12,14,16H,3-8,10-11H2,1H3. The highest BCUT2D eigenvalue weighted by molar-refractivity contribution is 7.88. The Morgan fingerprint density at radius 1 is 1.41 bits per heavy atom. The predicted molar refractivity (Wildman–Crippen MR) is 88.5 cm³/mol. The van der Waals surface area contributed by atoms with Gasteiger partial charge in [0.15, 0.2) is 0 Å². The zero-order valence-electron chi connectivity index (χ0n) is 13.0. The van der Waals surface area contributed by atoms with Crippen LogP contribution in [0.15, 0.2) is 16.8 Å². The molecule has 0 bridgehead atoms. The van der Waals surface area contributed by atoms with Gasteiger partial charge in [0.05, 0.1) is 18.9 Å². The molecule has 0 amide bonds. The summed E-state index contributed by atoms with van der Waals surface area (Å²) in [7, 11) is -3.20. The second-order valence-corrected chi connectivity index (χ2v) is 9.10. The molecule has 0 saturated carbocycles. The maximum atomic E-state index is 11.6. The van der Waals surface area contributed by atoms with E-state index in [1.807, 2.05) is 0 Å². The SMILES string of the molecule is CS(=O)(=O)NC1COCCC12CCN(Cc1ccsc1)CC2. The number of hydrogen-bond acceptors (Lipinski definition) is 5. The van der Waals surface area contributed by atoms with Crippen molar-refractivity contribution in [2.24, 2.45) is 5.41 Å². The van der Waals surface area contributed by atoms with Crippen molar-refractivity contribution >= 4 is 21.4 Å².